The summed E-state index contributed by atoms with van der Waals surface area (Å²) in [6, 6.07) is 4.13. The van der Waals surface area contributed by atoms with Crippen LogP contribution in [0.2, 0.25) is 0 Å². The van der Waals surface area contributed by atoms with Gasteiger partial charge in [-0.25, -0.2) is 4.79 Å². The van der Waals surface area contributed by atoms with E-state index >= 15 is 0 Å². The van der Waals surface area contributed by atoms with Crippen LogP contribution in [0.4, 0.5) is 0 Å². The number of carbonyl (C=O) groups is 2. The summed E-state index contributed by atoms with van der Waals surface area (Å²) in [6.45, 7) is 7.57. The molecule has 132 valence electrons. The minimum atomic E-state index is -1.40. The van der Waals surface area contributed by atoms with Crippen LogP contribution in [0.15, 0.2) is 18.2 Å². The molecule has 1 aromatic rings. The Kier molecular flexibility index (Phi) is 6.16. The van der Waals surface area contributed by atoms with Crippen LogP contribution in [0.3, 0.4) is 0 Å². The van der Waals surface area contributed by atoms with Crippen molar-refractivity contribution in [3.8, 4) is 5.75 Å². The van der Waals surface area contributed by atoms with Crippen molar-refractivity contribution in [2.45, 2.75) is 45.8 Å². The first kappa shape index (κ1) is 20.2. The third-order valence-electron chi connectivity index (χ3n) is 3.83. The molecule has 0 aromatic heterocycles. The first-order valence-electron chi connectivity index (χ1n) is 7.38. The van der Waals surface area contributed by atoms with Crippen molar-refractivity contribution >= 4 is 24.5 Å². The van der Waals surface area contributed by atoms with E-state index in [2.05, 4.69) is 4.74 Å². The number of ether oxygens (including phenoxy) is 2. The molecule has 0 saturated heterocycles. The first-order chi connectivity index (χ1) is 10.9. The molecule has 0 amide bonds. The Hall–Kier alpha value is -1.90. The molecule has 0 heterocycles. The van der Waals surface area contributed by atoms with Crippen LogP contribution in [0.1, 0.15) is 45.0 Å². The van der Waals surface area contributed by atoms with Gasteiger partial charge in [0.05, 0.1) is 18.3 Å². The van der Waals surface area contributed by atoms with Crippen LogP contribution in [0, 0.1) is 0 Å². The summed E-state index contributed by atoms with van der Waals surface area (Å²) in [4.78, 5) is 22.9. The highest BCUT2D eigenvalue weighted by Gasteiger charge is 2.39. The van der Waals surface area contributed by atoms with Gasteiger partial charge in [0.15, 0.2) is 0 Å². The van der Waals surface area contributed by atoms with Gasteiger partial charge in [-0.3, -0.25) is 4.79 Å². The zero-order chi connectivity index (χ0) is 18.7. The minimum absolute atomic E-state index is 0.0458. The Bertz CT molecular complexity index is 619. The van der Waals surface area contributed by atoms with Crippen LogP contribution in [-0.4, -0.2) is 47.5 Å². The molecule has 1 rings (SSSR count). The van der Waals surface area contributed by atoms with Crippen molar-refractivity contribution in [3.05, 3.63) is 23.8 Å². The van der Waals surface area contributed by atoms with Gasteiger partial charge >= 0.3 is 19.1 Å². The van der Waals surface area contributed by atoms with Gasteiger partial charge in [-0.05, 0) is 45.3 Å². The van der Waals surface area contributed by atoms with Gasteiger partial charge in [-0.15, -0.1) is 0 Å². The van der Waals surface area contributed by atoms with Crippen LogP contribution in [-0.2, 0) is 14.2 Å². The van der Waals surface area contributed by atoms with E-state index in [9.17, 15) is 19.7 Å². The third-order valence-corrected chi connectivity index (χ3v) is 3.83. The van der Waals surface area contributed by atoms with Gasteiger partial charge in [0, 0.05) is 6.92 Å². The molecule has 0 fully saturated rings. The minimum Gasteiger partial charge on any atom is -0.465 e. The van der Waals surface area contributed by atoms with Gasteiger partial charge < -0.3 is 24.3 Å². The molecule has 0 aliphatic rings. The van der Waals surface area contributed by atoms with Crippen molar-refractivity contribution in [3.63, 3.8) is 0 Å². The van der Waals surface area contributed by atoms with Gasteiger partial charge in [-0.2, -0.15) is 0 Å². The molecule has 0 aliphatic carbocycles. The topological polar surface area (TPSA) is 102 Å². The van der Waals surface area contributed by atoms with E-state index in [-0.39, 0.29) is 16.8 Å². The summed E-state index contributed by atoms with van der Waals surface area (Å²) < 4.78 is 15.2. The molecule has 0 saturated carbocycles. The number of benzene rings is 1. The molecular weight excluding hydrogens is 315 g/mol. The summed E-state index contributed by atoms with van der Waals surface area (Å²) in [5.74, 6) is -1.34. The number of methoxy groups -OCH3 is 1. The molecule has 7 nitrogen and oxygen atoms in total. The lowest BCUT2D eigenvalue weighted by molar-refractivity contribution is -0.131. The average Bonchev–Trinajstić information content (AvgIpc) is 2.44. The van der Waals surface area contributed by atoms with Crippen molar-refractivity contribution in [2.24, 2.45) is 0 Å². The average molecular weight is 338 g/mol. The molecule has 0 aliphatic heterocycles. The third kappa shape index (κ3) is 4.80. The van der Waals surface area contributed by atoms with Crippen LogP contribution in [0.5, 0.6) is 5.75 Å². The molecule has 0 spiro atoms. The molecule has 8 heteroatoms. The molecule has 0 radical (unpaired) electrons. The highest BCUT2D eigenvalue weighted by Crippen LogP contribution is 2.26. The lowest BCUT2D eigenvalue weighted by Gasteiger charge is -2.38. The van der Waals surface area contributed by atoms with Gasteiger partial charge in [0.25, 0.3) is 0 Å². The molecule has 2 N–H and O–H groups in total. The molecule has 0 atom stereocenters. The fraction of sp³-hybridized carbons (Fsp3) is 0.500. The maximum absolute atomic E-state index is 11.7. The molecular formula is C16H23BO7. The number of hydrogen-bond acceptors (Lipinski definition) is 7. The van der Waals surface area contributed by atoms with E-state index in [0.29, 0.717) is 0 Å². The quantitative estimate of drug-likeness (QED) is 0.446. The van der Waals surface area contributed by atoms with Crippen molar-refractivity contribution in [2.75, 3.05) is 7.11 Å². The van der Waals surface area contributed by atoms with E-state index in [1.165, 1.54) is 32.2 Å². The van der Waals surface area contributed by atoms with E-state index in [1.807, 2.05) is 0 Å². The maximum atomic E-state index is 11.7. The standard InChI is InChI=1S/C16H23BO7/c1-10(18)23-13-9-11(7-8-12(13)14(19)22-6)17(21)24-16(4,5)15(2,3)20/h7-9,20-21H,1-6H3. The van der Waals surface area contributed by atoms with Gasteiger partial charge in [-0.1, -0.05) is 6.07 Å². The second-order valence-electron chi connectivity index (χ2n) is 6.38. The monoisotopic (exact) mass is 338 g/mol. The molecule has 24 heavy (non-hydrogen) atoms. The summed E-state index contributed by atoms with van der Waals surface area (Å²) in [7, 11) is -0.190. The second kappa shape index (κ2) is 7.33. The normalized spacial score (nSPS) is 11.8. The summed E-state index contributed by atoms with van der Waals surface area (Å²) in [6.07, 6.45) is 0. The Labute approximate surface area is 141 Å². The summed E-state index contributed by atoms with van der Waals surface area (Å²) in [5.41, 5.74) is -1.96. The zero-order valence-electron chi connectivity index (χ0n) is 14.7. The van der Waals surface area contributed by atoms with Gasteiger partial charge in [0.2, 0.25) is 0 Å². The predicted octanol–water partition coefficient (Wildman–Crippen LogP) is 0.652. The largest absolute Gasteiger partial charge is 0.491 e. The van der Waals surface area contributed by atoms with E-state index in [0.717, 1.165) is 0 Å². The fourth-order valence-electron chi connectivity index (χ4n) is 1.70. The first-order valence-corrected chi connectivity index (χ1v) is 7.38. The SMILES string of the molecule is COC(=O)c1ccc(B(O)OC(C)(C)C(C)(C)O)cc1OC(C)=O. The maximum Gasteiger partial charge on any atom is 0.491 e. The lowest BCUT2D eigenvalue weighted by atomic mass is 9.76. The number of rotatable bonds is 6. The van der Waals surface area contributed by atoms with Crippen molar-refractivity contribution in [1.82, 2.24) is 0 Å². The van der Waals surface area contributed by atoms with Crippen LogP contribution < -0.4 is 10.2 Å². The van der Waals surface area contributed by atoms with E-state index in [1.54, 1.807) is 27.7 Å². The fourth-order valence-corrected chi connectivity index (χ4v) is 1.70. The summed E-state index contributed by atoms with van der Waals surface area (Å²) >= 11 is 0. The van der Waals surface area contributed by atoms with E-state index < -0.39 is 30.3 Å². The highest BCUT2D eigenvalue weighted by atomic mass is 16.6. The number of aliphatic hydroxyl groups is 1. The Balaban J connectivity index is 3.16. The lowest BCUT2D eigenvalue weighted by Crippen LogP contribution is -2.53. The molecule has 0 unspecified atom stereocenters. The smallest absolute Gasteiger partial charge is 0.465 e. The number of hydrogen-bond donors (Lipinski definition) is 2. The van der Waals surface area contributed by atoms with Crippen molar-refractivity contribution in [1.29, 1.82) is 0 Å². The molecule has 1 aromatic carbocycles. The Morgan fingerprint density at radius 1 is 1.17 bits per heavy atom. The predicted molar refractivity (Wildman–Crippen MR) is 88.2 cm³/mol. The second-order valence-corrected chi connectivity index (χ2v) is 6.38. The van der Waals surface area contributed by atoms with Crippen LogP contribution >= 0.6 is 0 Å². The Morgan fingerprint density at radius 2 is 1.75 bits per heavy atom. The van der Waals surface area contributed by atoms with Crippen LogP contribution in [0.25, 0.3) is 0 Å². The van der Waals surface area contributed by atoms with Gasteiger partial charge in [0.1, 0.15) is 11.3 Å². The number of carbonyl (C=O) groups excluding carboxylic acids is 2. The Morgan fingerprint density at radius 3 is 2.21 bits per heavy atom. The van der Waals surface area contributed by atoms with E-state index in [4.69, 9.17) is 9.39 Å². The molecule has 0 bridgehead atoms. The highest BCUT2D eigenvalue weighted by molar-refractivity contribution is 6.60. The number of esters is 2. The summed E-state index contributed by atoms with van der Waals surface area (Å²) in [5, 5.41) is 20.4. The van der Waals surface area contributed by atoms with Crippen molar-refractivity contribution < 1.29 is 33.8 Å². The zero-order valence-corrected chi connectivity index (χ0v) is 14.7.